The summed E-state index contributed by atoms with van der Waals surface area (Å²) in [5.41, 5.74) is 1.80. The summed E-state index contributed by atoms with van der Waals surface area (Å²) in [5, 5.41) is 1.88. The summed E-state index contributed by atoms with van der Waals surface area (Å²) in [4.78, 5) is 41.1. The lowest BCUT2D eigenvalue weighted by atomic mass is 10.1. The van der Waals surface area contributed by atoms with Gasteiger partial charge in [0.15, 0.2) is 0 Å². The Morgan fingerprint density at radius 2 is 1.68 bits per heavy atom. The van der Waals surface area contributed by atoms with Gasteiger partial charge in [-0.3, -0.25) is 19.3 Å². The normalized spacial score (nSPS) is 17.2. The Morgan fingerprint density at radius 1 is 0.973 bits per heavy atom. The molecule has 37 heavy (non-hydrogen) atoms. The fourth-order valence-corrected chi connectivity index (χ4v) is 6.82. The third-order valence-corrected chi connectivity index (χ3v) is 8.53. The van der Waals surface area contributed by atoms with Gasteiger partial charge in [0.25, 0.3) is 11.1 Å². The molecule has 6 nitrogen and oxygen atoms in total. The van der Waals surface area contributed by atoms with Crippen molar-refractivity contribution in [3.8, 4) is 5.75 Å². The van der Waals surface area contributed by atoms with Crippen LogP contribution in [0.25, 0.3) is 16.8 Å². The minimum atomic E-state index is -0.441. The molecule has 0 spiro atoms. The molecule has 0 aromatic heterocycles. The predicted molar refractivity (Wildman–Crippen MR) is 153 cm³/mol. The smallest absolute Gasteiger partial charge is 0.294 e. The van der Waals surface area contributed by atoms with Crippen molar-refractivity contribution in [2.75, 3.05) is 19.6 Å². The molecule has 5 rings (SSSR count). The van der Waals surface area contributed by atoms with Crippen molar-refractivity contribution in [2.24, 2.45) is 0 Å². The molecular weight excluding hydrogens is 620 g/mol. The number of amides is 3. The van der Waals surface area contributed by atoms with E-state index in [1.807, 2.05) is 36.4 Å². The molecule has 0 saturated carbocycles. The van der Waals surface area contributed by atoms with E-state index < -0.39 is 11.1 Å². The van der Waals surface area contributed by atoms with Crippen LogP contribution in [0.15, 0.2) is 68.4 Å². The summed E-state index contributed by atoms with van der Waals surface area (Å²) in [7, 11) is 0. The molecule has 3 amide bonds. The molecule has 3 aromatic carbocycles. The zero-order valence-electron chi connectivity index (χ0n) is 19.9. The Bertz CT molecular complexity index is 1390. The third-order valence-electron chi connectivity index (χ3n) is 6.45. The summed E-state index contributed by atoms with van der Waals surface area (Å²) >= 11 is 8.02. The fourth-order valence-electron chi connectivity index (χ4n) is 4.54. The van der Waals surface area contributed by atoms with Crippen molar-refractivity contribution >= 4 is 77.5 Å². The van der Waals surface area contributed by atoms with Gasteiger partial charge in [0, 0.05) is 13.1 Å². The van der Waals surface area contributed by atoms with Crippen molar-refractivity contribution in [2.45, 2.75) is 25.9 Å². The average molecular weight is 644 g/mol. The van der Waals surface area contributed by atoms with Crippen LogP contribution in [0.3, 0.4) is 0 Å². The number of rotatable bonds is 6. The number of fused-ring (bicyclic) bond motifs is 1. The fraction of sp³-hybridized carbons (Fsp3) is 0.250. The minimum Gasteiger partial charge on any atom is -0.487 e. The number of likely N-dealkylation sites (tertiary alicyclic amines) is 1. The summed E-state index contributed by atoms with van der Waals surface area (Å²) in [6.07, 6.45) is 4.68. The molecule has 2 aliphatic rings. The lowest BCUT2D eigenvalue weighted by Gasteiger charge is -2.27. The standard InChI is InChI=1S/C28H24Br2N2O4S/c29-22-13-18(14-23(30)26(22)36-17-20-9-6-8-19-7-2-3-10-21(19)20)15-24-27(34)32(28(35)37-24)16-25(33)31-11-4-1-5-12-31/h2-3,6-10,13-15H,1,4-5,11-12,16-17H2/b24-15-. The van der Waals surface area contributed by atoms with Crippen LogP contribution in [0.1, 0.15) is 30.4 Å². The average Bonchev–Trinajstić information content (AvgIpc) is 3.16. The molecule has 2 aliphatic heterocycles. The summed E-state index contributed by atoms with van der Waals surface area (Å²) in [5.74, 6) is 0.0237. The van der Waals surface area contributed by atoms with Crippen LogP contribution in [-0.4, -0.2) is 46.5 Å². The number of carbonyl (C=O) groups is 3. The number of benzene rings is 3. The van der Waals surface area contributed by atoms with E-state index in [9.17, 15) is 14.4 Å². The van der Waals surface area contributed by atoms with Gasteiger partial charge in [-0.15, -0.1) is 0 Å². The van der Waals surface area contributed by atoms with Crippen molar-refractivity contribution in [3.63, 3.8) is 0 Å². The van der Waals surface area contributed by atoms with Gasteiger partial charge >= 0.3 is 0 Å². The number of hydrogen-bond acceptors (Lipinski definition) is 5. The van der Waals surface area contributed by atoms with Crippen LogP contribution in [0.2, 0.25) is 0 Å². The first-order valence-electron chi connectivity index (χ1n) is 12.0. The summed E-state index contributed by atoms with van der Waals surface area (Å²) in [6, 6.07) is 18.0. The minimum absolute atomic E-state index is 0.179. The highest BCUT2D eigenvalue weighted by molar-refractivity contribution is 9.11. The molecule has 2 fully saturated rings. The van der Waals surface area contributed by atoms with Gasteiger partial charge in [0.2, 0.25) is 5.91 Å². The number of carbonyl (C=O) groups excluding carboxylic acids is 3. The molecular formula is C28H24Br2N2O4S. The lowest BCUT2D eigenvalue weighted by molar-refractivity contribution is -0.136. The van der Waals surface area contributed by atoms with Crippen molar-refractivity contribution in [3.05, 3.63) is 79.6 Å². The van der Waals surface area contributed by atoms with Crippen LogP contribution in [-0.2, 0) is 16.2 Å². The van der Waals surface area contributed by atoms with Gasteiger partial charge in [0.1, 0.15) is 18.9 Å². The zero-order valence-corrected chi connectivity index (χ0v) is 23.9. The third kappa shape index (κ3) is 5.78. The van der Waals surface area contributed by atoms with Crippen molar-refractivity contribution < 1.29 is 19.1 Å². The Kier molecular flexibility index (Phi) is 8.02. The van der Waals surface area contributed by atoms with Gasteiger partial charge in [-0.1, -0.05) is 42.5 Å². The highest BCUT2D eigenvalue weighted by Gasteiger charge is 2.37. The lowest BCUT2D eigenvalue weighted by Crippen LogP contribution is -2.44. The first-order chi connectivity index (χ1) is 17.9. The second kappa shape index (κ2) is 11.4. The van der Waals surface area contributed by atoms with Crippen molar-refractivity contribution in [1.82, 2.24) is 9.80 Å². The number of thioether (sulfide) groups is 1. The quantitative estimate of drug-likeness (QED) is 0.271. The predicted octanol–water partition coefficient (Wildman–Crippen LogP) is 6.99. The molecule has 0 aliphatic carbocycles. The van der Waals surface area contributed by atoms with Crippen LogP contribution in [0.4, 0.5) is 4.79 Å². The maximum absolute atomic E-state index is 12.9. The molecule has 190 valence electrons. The summed E-state index contributed by atoms with van der Waals surface area (Å²) in [6.45, 7) is 1.54. The number of ether oxygens (including phenoxy) is 1. The monoisotopic (exact) mass is 642 g/mol. The number of hydrogen-bond donors (Lipinski definition) is 0. The number of piperidine rings is 1. The van der Waals surface area contributed by atoms with Gasteiger partial charge < -0.3 is 9.64 Å². The van der Waals surface area contributed by atoms with E-state index in [1.54, 1.807) is 11.0 Å². The first kappa shape index (κ1) is 26.0. The number of nitrogens with zero attached hydrogens (tertiary/aromatic N) is 2. The molecule has 2 saturated heterocycles. The van der Waals surface area contributed by atoms with E-state index in [2.05, 4.69) is 50.1 Å². The molecule has 9 heteroatoms. The van der Waals surface area contributed by atoms with E-state index >= 15 is 0 Å². The van der Waals surface area contributed by atoms with Gasteiger partial charge in [-0.25, -0.2) is 0 Å². The maximum atomic E-state index is 12.9. The molecule has 0 unspecified atom stereocenters. The molecule has 0 atom stereocenters. The van der Waals surface area contributed by atoms with E-state index in [1.165, 1.54) is 0 Å². The Morgan fingerprint density at radius 3 is 2.43 bits per heavy atom. The topological polar surface area (TPSA) is 66.9 Å². The van der Waals surface area contributed by atoms with Gasteiger partial charge in [-0.05, 0) is 103 Å². The molecule has 0 N–H and O–H groups in total. The van der Waals surface area contributed by atoms with E-state index in [-0.39, 0.29) is 12.5 Å². The van der Waals surface area contributed by atoms with E-state index in [0.29, 0.717) is 39.3 Å². The number of imide groups is 1. The largest absolute Gasteiger partial charge is 0.487 e. The van der Waals surface area contributed by atoms with Gasteiger partial charge in [-0.2, -0.15) is 0 Å². The van der Waals surface area contributed by atoms with E-state index in [0.717, 1.165) is 57.8 Å². The Hall–Kier alpha value is -2.62. The van der Waals surface area contributed by atoms with E-state index in [4.69, 9.17) is 4.74 Å². The molecule has 3 aromatic rings. The highest BCUT2D eigenvalue weighted by Crippen LogP contribution is 2.38. The Labute approximate surface area is 236 Å². The van der Waals surface area contributed by atoms with Crippen LogP contribution >= 0.6 is 43.6 Å². The molecule has 0 bridgehead atoms. The zero-order chi connectivity index (χ0) is 25.9. The van der Waals surface area contributed by atoms with Crippen molar-refractivity contribution in [1.29, 1.82) is 0 Å². The first-order valence-corrected chi connectivity index (χ1v) is 14.4. The number of halogens is 2. The highest BCUT2D eigenvalue weighted by atomic mass is 79.9. The van der Waals surface area contributed by atoms with Gasteiger partial charge in [0.05, 0.1) is 13.9 Å². The second-order valence-electron chi connectivity index (χ2n) is 8.95. The van der Waals surface area contributed by atoms with Crippen LogP contribution in [0, 0.1) is 0 Å². The maximum Gasteiger partial charge on any atom is 0.294 e. The summed E-state index contributed by atoms with van der Waals surface area (Å²) < 4.78 is 7.58. The van der Waals surface area contributed by atoms with Crippen LogP contribution in [0.5, 0.6) is 5.75 Å². The molecule has 0 radical (unpaired) electrons. The Balaban J connectivity index is 1.29. The second-order valence-corrected chi connectivity index (χ2v) is 11.7. The SMILES string of the molecule is O=C(CN1C(=O)S/C(=C\c2cc(Br)c(OCc3cccc4ccccc34)c(Br)c2)C1=O)N1CCCCC1. The molecule has 2 heterocycles. The van der Waals surface area contributed by atoms with Crippen LogP contribution < -0.4 is 4.74 Å².